The van der Waals surface area contributed by atoms with E-state index in [-0.39, 0.29) is 12.1 Å². The zero-order chi connectivity index (χ0) is 26.2. The van der Waals surface area contributed by atoms with Crippen LogP contribution in [-0.4, -0.2) is 25.3 Å². The molecule has 0 saturated carbocycles. The number of nitrogens with one attached hydrogen (secondary N) is 1. The van der Waals surface area contributed by atoms with Crippen molar-refractivity contribution < 1.29 is 4.79 Å². The molecule has 0 spiro atoms. The van der Waals surface area contributed by atoms with Gasteiger partial charge in [-0.25, -0.2) is 9.48 Å². The minimum absolute atomic E-state index is 0.139. The Morgan fingerprint density at radius 3 is 2.39 bits per heavy atom. The fourth-order valence-electron chi connectivity index (χ4n) is 5.35. The molecule has 2 aromatic heterocycles. The van der Waals surface area contributed by atoms with Gasteiger partial charge in [-0.15, -0.1) is 0 Å². The highest BCUT2D eigenvalue weighted by Gasteiger charge is 2.36. The van der Waals surface area contributed by atoms with Gasteiger partial charge in [-0.05, 0) is 61.7 Å². The molecular formula is C32H31N5O. The third-order valence-electron chi connectivity index (χ3n) is 7.34. The summed E-state index contributed by atoms with van der Waals surface area (Å²) in [5.41, 5.74) is 8.15. The second-order valence-corrected chi connectivity index (χ2v) is 9.84. The number of fused-ring (bicyclic) bond motifs is 3. The van der Waals surface area contributed by atoms with Crippen molar-refractivity contribution in [1.29, 1.82) is 0 Å². The fraction of sp³-hybridized carbons (Fsp3) is 0.188. The third-order valence-corrected chi connectivity index (χ3v) is 7.34. The number of urea groups is 1. The standard InChI is InChI=1S/C32H31N5O/c1-4-27-26-21-36(32(38)33-28-14-9-8-11-23(28)3)30(24-18-16-22(2)17-19-24)29-15-10-20-35(29)31(26)37(34-27)25-12-6-5-7-13-25/h5-20,30H,4,21H2,1-3H3,(H,33,38)/t30-/m1/s1. The summed E-state index contributed by atoms with van der Waals surface area (Å²) in [5.74, 6) is 0.983. The highest BCUT2D eigenvalue weighted by Crippen LogP contribution is 2.39. The summed E-state index contributed by atoms with van der Waals surface area (Å²) in [6.45, 7) is 6.65. The molecule has 0 unspecified atom stereocenters. The van der Waals surface area contributed by atoms with E-state index < -0.39 is 0 Å². The maximum atomic E-state index is 14.1. The van der Waals surface area contributed by atoms with Crippen LogP contribution in [0.3, 0.4) is 0 Å². The Morgan fingerprint density at radius 2 is 1.66 bits per heavy atom. The number of rotatable bonds is 4. The van der Waals surface area contributed by atoms with Crippen molar-refractivity contribution in [2.45, 2.75) is 39.8 Å². The van der Waals surface area contributed by atoms with Crippen molar-refractivity contribution >= 4 is 11.7 Å². The quantitative estimate of drug-likeness (QED) is 0.289. The SMILES string of the molecule is CCc1nn(-c2ccccc2)c2c1CN(C(=O)Nc1ccccc1C)[C@H](c1ccc(C)cc1)c1cccn1-2. The minimum atomic E-state index is -0.282. The molecule has 1 atom stereocenters. The first-order valence-electron chi connectivity index (χ1n) is 13.1. The maximum Gasteiger partial charge on any atom is 0.322 e. The molecule has 0 saturated heterocycles. The Hall–Kier alpha value is -4.58. The van der Waals surface area contributed by atoms with E-state index in [4.69, 9.17) is 5.10 Å². The smallest absolute Gasteiger partial charge is 0.308 e. The number of aromatic nitrogens is 3. The largest absolute Gasteiger partial charge is 0.322 e. The molecule has 0 aliphatic carbocycles. The topological polar surface area (TPSA) is 55.1 Å². The summed E-state index contributed by atoms with van der Waals surface area (Å²) < 4.78 is 4.23. The van der Waals surface area contributed by atoms with Crippen LogP contribution in [0.2, 0.25) is 0 Å². The number of carbonyl (C=O) groups excluding carboxylic acids is 1. The molecule has 0 fully saturated rings. The Bertz CT molecular complexity index is 1600. The van der Waals surface area contributed by atoms with Gasteiger partial charge in [-0.3, -0.25) is 0 Å². The van der Waals surface area contributed by atoms with Crippen LogP contribution < -0.4 is 5.32 Å². The lowest BCUT2D eigenvalue weighted by atomic mass is 10.0. The van der Waals surface area contributed by atoms with E-state index in [1.807, 2.05) is 59.0 Å². The first-order chi connectivity index (χ1) is 18.5. The lowest BCUT2D eigenvalue weighted by Gasteiger charge is -2.31. The van der Waals surface area contributed by atoms with Crippen molar-refractivity contribution in [2.24, 2.45) is 0 Å². The fourth-order valence-corrected chi connectivity index (χ4v) is 5.35. The molecule has 0 bridgehead atoms. The van der Waals surface area contributed by atoms with Crippen LogP contribution in [0, 0.1) is 13.8 Å². The average Bonchev–Trinajstić information content (AvgIpc) is 3.52. The average molecular weight is 502 g/mol. The van der Waals surface area contributed by atoms with Gasteiger partial charge in [0.15, 0.2) is 0 Å². The van der Waals surface area contributed by atoms with Crippen LogP contribution >= 0.6 is 0 Å². The monoisotopic (exact) mass is 501 g/mol. The zero-order valence-electron chi connectivity index (χ0n) is 21.9. The summed E-state index contributed by atoms with van der Waals surface area (Å²) in [4.78, 5) is 16.1. The van der Waals surface area contributed by atoms with Gasteiger partial charge >= 0.3 is 6.03 Å². The number of para-hydroxylation sites is 2. The van der Waals surface area contributed by atoms with Crippen LogP contribution in [0.15, 0.2) is 97.2 Å². The summed E-state index contributed by atoms with van der Waals surface area (Å²) in [6, 6.07) is 30.3. The van der Waals surface area contributed by atoms with Gasteiger partial charge in [0.25, 0.3) is 0 Å². The van der Waals surface area contributed by atoms with E-state index in [2.05, 4.69) is 78.5 Å². The summed E-state index contributed by atoms with van der Waals surface area (Å²) in [5, 5.41) is 8.24. The van der Waals surface area contributed by atoms with E-state index in [1.165, 1.54) is 5.56 Å². The van der Waals surface area contributed by atoms with E-state index in [0.717, 1.165) is 51.7 Å². The van der Waals surface area contributed by atoms with Crippen LogP contribution in [0.4, 0.5) is 10.5 Å². The maximum absolute atomic E-state index is 14.1. The van der Waals surface area contributed by atoms with Crippen LogP contribution in [0.25, 0.3) is 11.5 Å². The molecule has 6 rings (SSSR count). The van der Waals surface area contributed by atoms with Gasteiger partial charge in [0, 0.05) is 17.4 Å². The lowest BCUT2D eigenvalue weighted by molar-refractivity contribution is 0.194. The predicted octanol–water partition coefficient (Wildman–Crippen LogP) is 6.98. The van der Waals surface area contributed by atoms with Gasteiger partial charge in [0.2, 0.25) is 0 Å². The zero-order valence-corrected chi connectivity index (χ0v) is 21.9. The number of hydrogen-bond donors (Lipinski definition) is 1. The molecule has 3 aromatic carbocycles. The molecule has 3 heterocycles. The van der Waals surface area contributed by atoms with E-state index in [1.54, 1.807) is 0 Å². The van der Waals surface area contributed by atoms with Crippen LogP contribution in [0.5, 0.6) is 0 Å². The molecule has 2 amide bonds. The summed E-state index contributed by atoms with van der Waals surface area (Å²) in [7, 11) is 0. The molecule has 6 heteroatoms. The molecule has 5 aromatic rings. The van der Waals surface area contributed by atoms with Gasteiger partial charge in [0.1, 0.15) is 5.82 Å². The second kappa shape index (κ2) is 9.71. The number of carbonyl (C=O) groups is 1. The second-order valence-electron chi connectivity index (χ2n) is 9.84. The highest BCUT2D eigenvalue weighted by atomic mass is 16.2. The van der Waals surface area contributed by atoms with Crippen LogP contribution in [-0.2, 0) is 13.0 Å². The van der Waals surface area contributed by atoms with Crippen molar-refractivity contribution in [3.63, 3.8) is 0 Å². The lowest BCUT2D eigenvalue weighted by Crippen LogP contribution is -2.38. The van der Waals surface area contributed by atoms with Crippen molar-refractivity contribution in [3.05, 3.63) is 131 Å². The number of hydrogen-bond acceptors (Lipinski definition) is 2. The van der Waals surface area contributed by atoms with Crippen molar-refractivity contribution in [3.8, 4) is 11.5 Å². The molecule has 1 aliphatic heterocycles. The Balaban J connectivity index is 1.56. The summed E-state index contributed by atoms with van der Waals surface area (Å²) >= 11 is 0. The number of amides is 2. The first kappa shape index (κ1) is 23.8. The molecule has 1 aliphatic rings. The normalized spacial score (nSPS) is 14.5. The van der Waals surface area contributed by atoms with Crippen LogP contribution in [0.1, 0.15) is 46.6 Å². The van der Waals surface area contributed by atoms with Crippen molar-refractivity contribution in [1.82, 2.24) is 19.2 Å². The predicted molar refractivity (Wildman–Crippen MR) is 151 cm³/mol. The number of nitrogens with zero attached hydrogens (tertiary/aromatic N) is 4. The van der Waals surface area contributed by atoms with E-state index in [0.29, 0.717) is 6.54 Å². The minimum Gasteiger partial charge on any atom is -0.308 e. The Kier molecular flexibility index (Phi) is 6.08. The van der Waals surface area contributed by atoms with E-state index >= 15 is 0 Å². The number of anilines is 1. The Morgan fingerprint density at radius 1 is 0.921 bits per heavy atom. The first-order valence-corrected chi connectivity index (χ1v) is 13.1. The van der Waals surface area contributed by atoms with Gasteiger partial charge in [0.05, 0.1) is 29.7 Å². The number of benzene rings is 3. The number of aryl methyl sites for hydroxylation is 3. The molecule has 6 nitrogen and oxygen atoms in total. The van der Waals surface area contributed by atoms with Gasteiger partial charge < -0.3 is 14.8 Å². The van der Waals surface area contributed by atoms with Gasteiger partial charge in [-0.1, -0.05) is 73.2 Å². The third kappa shape index (κ3) is 4.08. The summed E-state index contributed by atoms with van der Waals surface area (Å²) in [6.07, 6.45) is 2.85. The highest BCUT2D eigenvalue weighted by molar-refractivity contribution is 5.91. The van der Waals surface area contributed by atoms with Gasteiger partial charge in [-0.2, -0.15) is 5.10 Å². The molecule has 1 N–H and O–H groups in total. The molecule has 38 heavy (non-hydrogen) atoms. The molecule has 0 radical (unpaired) electrons. The Labute approximate surface area is 223 Å². The molecule has 190 valence electrons. The molecular weight excluding hydrogens is 470 g/mol. The van der Waals surface area contributed by atoms with Crippen molar-refractivity contribution in [2.75, 3.05) is 5.32 Å². The van der Waals surface area contributed by atoms with E-state index in [9.17, 15) is 4.79 Å².